The van der Waals surface area contributed by atoms with Crippen LogP contribution in [0.3, 0.4) is 0 Å². The number of benzene rings is 1. The fourth-order valence-corrected chi connectivity index (χ4v) is 6.05. The second-order valence-corrected chi connectivity index (χ2v) is 12.5. The number of carbonyl (C=O) groups is 2. The Balaban J connectivity index is 1.34. The van der Waals surface area contributed by atoms with Crippen molar-refractivity contribution in [1.29, 1.82) is 0 Å². The highest BCUT2D eigenvalue weighted by molar-refractivity contribution is 5.94. The molecule has 1 aromatic carbocycles. The molecule has 4 aliphatic rings. The molecule has 0 aromatic heterocycles. The van der Waals surface area contributed by atoms with Gasteiger partial charge in [0.05, 0.1) is 5.56 Å². The van der Waals surface area contributed by atoms with Gasteiger partial charge in [0.25, 0.3) is 5.91 Å². The third-order valence-corrected chi connectivity index (χ3v) is 8.67. The van der Waals surface area contributed by atoms with Crippen LogP contribution < -0.4 is 0 Å². The highest BCUT2D eigenvalue weighted by atomic mass is 19.4. The van der Waals surface area contributed by atoms with Crippen molar-refractivity contribution in [3.8, 4) is 0 Å². The lowest BCUT2D eigenvalue weighted by Gasteiger charge is -2.57. The molecule has 2 bridgehead atoms. The Kier molecular flexibility index (Phi) is 7.54. The van der Waals surface area contributed by atoms with E-state index in [0.29, 0.717) is 57.1 Å². The van der Waals surface area contributed by atoms with Crippen LogP contribution in [-0.2, 0) is 11.0 Å². The van der Waals surface area contributed by atoms with Crippen molar-refractivity contribution in [3.63, 3.8) is 0 Å². The molecule has 8 heteroatoms. The molecule has 2 fully saturated rings. The SMILES string of the molecule is CC(C)(C)C(=O)N(CCN1CCN(C(=O)c2cccc(C(F)(F)F)c2)CC1)CC1=CCC2CC1C2(C)C. The van der Waals surface area contributed by atoms with Gasteiger partial charge in [-0.05, 0) is 48.3 Å². The monoisotopic (exact) mass is 519 g/mol. The van der Waals surface area contributed by atoms with Gasteiger partial charge >= 0.3 is 6.18 Å². The molecule has 5 rings (SSSR count). The summed E-state index contributed by atoms with van der Waals surface area (Å²) in [5.41, 5.74) is 0.481. The molecule has 37 heavy (non-hydrogen) atoms. The smallest absolute Gasteiger partial charge is 0.337 e. The van der Waals surface area contributed by atoms with Crippen LogP contribution in [-0.4, -0.2) is 72.3 Å². The largest absolute Gasteiger partial charge is 0.416 e. The number of alkyl halides is 3. The molecule has 1 aliphatic heterocycles. The normalized spacial score (nSPS) is 23.8. The van der Waals surface area contributed by atoms with E-state index in [1.165, 1.54) is 24.1 Å². The first-order valence-corrected chi connectivity index (χ1v) is 13.3. The maximum absolute atomic E-state index is 13.3. The molecule has 3 aliphatic carbocycles. The summed E-state index contributed by atoms with van der Waals surface area (Å²) in [6.07, 6.45) is 0.191. The number of allylic oxidation sites excluding steroid dienone is 1. The standard InChI is InChI=1S/C29H40F3N3O2/c1-27(2,3)26(37)35(19-21-9-10-22-18-24(21)28(22,4)5)16-13-33-11-14-34(15-12-33)25(36)20-7-6-8-23(17-20)29(30,31)32/h6-9,17,22,24H,10-16,18-19H2,1-5H3. The van der Waals surface area contributed by atoms with Gasteiger partial charge in [-0.2, -0.15) is 13.2 Å². The van der Waals surface area contributed by atoms with E-state index in [-0.39, 0.29) is 17.4 Å². The second kappa shape index (κ2) is 10.1. The average molecular weight is 520 g/mol. The molecule has 1 aromatic rings. The molecule has 204 valence electrons. The minimum Gasteiger partial charge on any atom is -0.337 e. The summed E-state index contributed by atoms with van der Waals surface area (Å²) < 4.78 is 39.2. The molecule has 2 unspecified atom stereocenters. The van der Waals surface area contributed by atoms with E-state index in [4.69, 9.17) is 0 Å². The number of rotatable bonds is 6. The molecule has 2 amide bonds. The number of nitrogens with zero attached hydrogens (tertiary/aromatic N) is 3. The number of amides is 2. The first kappa shape index (κ1) is 27.7. The molecule has 1 saturated carbocycles. The maximum Gasteiger partial charge on any atom is 0.416 e. The van der Waals surface area contributed by atoms with Gasteiger partial charge < -0.3 is 9.80 Å². The maximum atomic E-state index is 13.3. The van der Waals surface area contributed by atoms with Crippen molar-refractivity contribution in [1.82, 2.24) is 14.7 Å². The molecule has 5 nitrogen and oxygen atoms in total. The topological polar surface area (TPSA) is 43.9 Å². The number of hydrogen-bond donors (Lipinski definition) is 0. The van der Waals surface area contributed by atoms with Gasteiger partial charge in [0.2, 0.25) is 5.91 Å². The summed E-state index contributed by atoms with van der Waals surface area (Å²) in [5.74, 6) is 1.07. The molecule has 0 N–H and O–H groups in total. The summed E-state index contributed by atoms with van der Waals surface area (Å²) in [6, 6.07) is 4.62. The van der Waals surface area contributed by atoms with Crippen molar-refractivity contribution in [3.05, 3.63) is 47.0 Å². The quantitative estimate of drug-likeness (QED) is 0.477. The highest BCUT2D eigenvalue weighted by Crippen LogP contribution is 2.59. The molecule has 1 heterocycles. The lowest BCUT2D eigenvalue weighted by Crippen LogP contribution is -2.53. The molecular weight excluding hydrogens is 479 g/mol. The van der Waals surface area contributed by atoms with Gasteiger partial charge in [-0.25, -0.2) is 0 Å². The van der Waals surface area contributed by atoms with Gasteiger partial charge in [-0.3, -0.25) is 14.5 Å². The van der Waals surface area contributed by atoms with Crippen molar-refractivity contribution >= 4 is 11.8 Å². The minimum absolute atomic E-state index is 0.0622. The van der Waals surface area contributed by atoms with Crippen molar-refractivity contribution in [2.45, 2.75) is 53.6 Å². The molecular formula is C29H40F3N3O2. The Morgan fingerprint density at radius 2 is 1.76 bits per heavy atom. The summed E-state index contributed by atoms with van der Waals surface area (Å²) in [7, 11) is 0. The van der Waals surface area contributed by atoms with Crippen molar-refractivity contribution in [2.24, 2.45) is 22.7 Å². The van der Waals surface area contributed by atoms with Gasteiger partial charge in [-0.1, -0.05) is 52.3 Å². The van der Waals surface area contributed by atoms with Gasteiger partial charge in [0, 0.05) is 56.8 Å². The van der Waals surface area contributed by atoms with Crippen LogP contribution in [0, 0.1) is 22.7 Å². The molecule has 1 saturated heterocycles. The van der Waals surface area contributed by atoms with Crippen molar-refractivity contribution < 1.29 is 22.8 Å². The van der Waals surface area contributed by atoms with Crippen LogP contribution >= 0.6 is 0 Å². The van der Waals surface area contributed by atoms with Gasteiger partial charge in [0.1, 0.15) is 0 Å². The molecule has 0 radical (unpaired) electrons. The van der Waals surface area contributed by atoms with Crippen LogP contribution in [0.4, 0.5) is 13.2 Å². The highest BCUT2D eigenvalue weighted by Gasteiger charge is 2.51. The third kappa shape index (κ3) is 5.89. The summed E-state index contributed by atoms with van der Waals surface area (Å²) in [6.45, 7) is 14.7. The molecule has 0 spiro atoms. The van der Waals surface area contributed by atoms with Crippen LogP contribution in [0.1, 0.15) is 63.4 Å². The third-order valence-electron chi connectivity index (χ3n) is 8.67. The fraction of sp³-hybridized carbons (Fsp3) is 0.655. The number of fused-ring (bicyclic) bond motifs is 1. The van der Waals surface area contributed by atoms with E-state index in [9.17, 15) is 22.8 Å². The van der Waals surface area contributed by atoms with Crippen LogP contribution in [0.2, 0.25) is 0 Å². The number of carbonyl (C=O) groups excluding carboxylic acids is 2. The minimum atomic E-state index is -4.48. The van der Waals surface area contributed by atoms with Crippen molar-refractivity contribution in [2.75, 3.05) is 45.8 Å². The molecule has 2 atom stereocenters. The lowest BCUT2D eigenvalue weighted by atomic mass is 9.49. The predicted molar refractivity (Wildman–Crippen MR) is 138 cm³/mol. The fourth-order valence-electron chi connectivity index (χ4n) is 6.05. The Bertz CT molecular complexity index is 1050. The zero-order valence-corrected chi connectivity index (χ0v) is 22.7. The van der Waals surface area contributed by atoms with E-state index in [2.05, 4.69) is 24.8 Å². The van der Waals surface area contributed by atoms with Crippen LogP contribution in [0.25, 0.3) is 0 Å². The summed E-state index contributed by atoms with van der Waals surface area (Å²) >= 11 is 0. The lowest BCUT2D eigenvalue weighted by molar-refractivity contribution is -0.140. The number of piperazine rings is 1. The van der Waals surface area contributed by atoms with E-state index in [1.54, 1.807) is 4.90 Å². The Hall–Kier alpha value is -2.35. The van der Waals surface area contributed by atoms with Gasteiger partial charge in [-0.15, -0.1) is 0 Å². The van der Waals surface area contributed by atoms with Crippen LogP contribution in [0.15, 0.2) is 35.9 Å². The van der Waals surface area contributed by atoms with Crippen LogP contribution in [0.5, 0.6) is 0 Å². The number of hydrogen-bond acceptors (Lipinski definition) is 3. The second-order valence-electron chi connectivity index (χ2n) is 12.5. The zero-order valence-electron chi connectivity index (χ0n) is 22.7. The first-order chi connectivity index (χ1) is 17.2. The summed E-state index contributed by atoms with van der Waals surface area (Å²) in [5, 5.41) is 0. The van der Waals surface area contributed by atoms with E-state index in [1.807, 2.05) is 25.7 Å². The van der Waals surface area contributed by atoms with Gasteiger partial charge in [0.15, 0.2) is 0 Å². The Morgan fingerprint density at radius 3 is 2.32 bits per heavy atom. The first-order valence-electron chi connectivity index (χ1n) is 13.3. The average Bonchev–Trinajstić information content (AvgIpc) is 2.85. The Morgan fingerprint density at radius 1 is 1.08 bits per heavy atom. The van der Waals surface area contributed by atoms with E-state index >= 15 is 0 Å². The number of halogens is 3. The predicted octanol–water partition coefficient (Wildman–Crippen LogP) is 5.33. The zero-order chi connectivity index (χ0) is 27.2. The Labute approximate surface area is 218 Å². The summed E-state index contributed by atoms with van der Waals surface area (Å²) in [4.78, 5) is 32.0. The van der Waals surface area contributed by atoms with E-state index in [0.717, 1.165) is 24.5 Å². The van der Waals surface area contributed by atoms with E-state index < -0.39 is 17.2 Å².